The Hall–Kier alpha value is -1.48. The lowest BCUT2D eigenvalue weighted by Gasteiger charge is -2.40. The molecule has 1 unspecified atom stereocenters. The van der Waals surface area contributed by atoms with Crippen molar-refractivity contribution in [2.24, 2.45) is 5.41 Å². The lowest BCUT2D eigenvalue weighted by molar-refractivity contribution is -0.142. The molecule has 25 heavy (non-hydrogen) atoms. The van der Waals surface area contributed by atoms with E-state index in [4.69, 9.17) is 9.05 Å². The summed E-state index contributed by atoms with van der Waals surface area (Å²) in [4.78, 5) is 34.9. The molecule has 144 valence electrons. The van der Waals surface area contributed by atoms with Crippen molar-refractivity contribution in [3.8, 4) is 0 Å². The average molecular weight is 380 g/mol. The molecule has 10 nitrogen and oxygen atoms in total. The first-order valence-corrected chi connectivity index (χ1v) is 9.22. The maximum Gasteiger partial charge on any atom is 0.407 e. The van der Waals surface area contributed by atoms with Crippen LogP contribution in [0.2, 0.25) is 0 Å². The number of nitrogens with one attached hydrogen (secondary N) is 2. The molecule has 1 amide bonds. The highest BCUT2D eigenvalue weighted by molar-refractivity contribution is 7.51. The molecule has 2 N–H and O–H groups in total. The Morgan fingerprint density at radius 2 is 1.92 bits per heavy atom. The predicted octanol–water partition coefficient (Wildman–Crippen LogP) is 0.367. The Morgan fingerprint density at radius 3 is 2.48 bits per heavy atom. The number of hydrogen-bond donors (Lipinski definition) is 2. The second kappa shape index (κ2) is 8.75. The van der Waals surface area contributed by atoms with Crippen LogP contribution in [-0.2, 0) is 37.5 Å². The monoisotopic (exact) mass is 380 g/mol. The maximum absolute atomic E-state index is 12.7. The molecule has 1 heterocycles. The highest BCUT2D eigenvalue weighted by Crippen LogP contribution is 2.53. The number of esters is 2. The summed E-state index contributed by atoms with van der Waals surface area (Å²) in [7, 11) is -1.44. The molecule has 1 aliphatic heterocycles. The van der Waals surface area contributed by atoms with Crippen LogP contribution in [0.5, 0.6) is 0 Å². The third-order valence-corrected chi connectivity index (χ3v) is 5.22. The largest absolute Gasteiger partial charge is 0.469 e. The zero-order chi connectivity index (χ0) is 19.3. The van der Waals surface area contributed by atoms with Gasteiger partial charge in [0.05, 0.1) is 27.2 Å². The van der Waals surface area contributed by atoms with Crippen molar-refractivity contribution in [1.29, 1.82) is 0 Å². The number of methoxy groups -OCH3 is 2. The number of hydrogen-bond acceptors (Lipinski definition) is 8. The zero-order valence-corrected chi connectivity index (χ0v) is 15.9. The fraction of sp³-hybridized carbons (Fsp3) is 0.786. The van der Waals surface area contributed by atoms with Crippen LogP contribution in [0.3, 0.4) is 0 Å². The second-order valence-corrected chi connectivity index (χ2v) is 7.96. The number of ether oxygens (including phenoxy) is 2. The fourth-order valence-electron chi connectivity index (χ4n) is 2.06. The Kier molecular flexibility index (Phi) is 7.55. The first kappa shape index (κ1) is 21.6. The van der Waals surface area contributed by atoms with Crippen molar-refractivity contribution in [3.63, 3.8) is 0 Å². The summed E-state index contributed by atoms with van der Waals surface area (Å²) >= 11 is 0. The van der Waals surface area contributed by atoms with Crippen LogP contribution in [0.15, 0.2) is 0 Å². The molecule has 0 aliphatic carbocycles. The molecule has 0 radical (unpaired) electrons. The van der Waals surface area contributed by atoms with E-state index in [2.05, 4.69) is 19.9 Å². The first-order valence-electron chi connectivity index (χ1n) is 7.68. The number of carbonyl (C=O) groups excluding carboxylic acids is 3. The summed E-state index contributed by atoms with van der Waals surface area (Å²) < 4.78 is 32.3. The van der Waals surface area contributed by atoms with E-state index in [-0.39, 0.29) is 19.6 Å². The predicted molar refractivity (Wildman–Crippen MR) is 86.5 cm³/mol. The van der Waals surface area contributed by atoms with Crippen LogP contribution in [-0.4, -0.2) is 57.4 Å². The van der Waals surface area contributed by atoms with Gasteiger partial charge in [0.1, 0.15) is 6.04 Å². The Balaban J connectivity index is 2.75. The smallest absolute Gasteiger partial charge is 0.407 e. The standard InChI is InChI=1S/C14H25N2O8P/c1-9(13(19)22-5)16-25(20)23-8-14(2,3)11(24-25)12(18)15-7-6-10(17)21-4/h9,11H,6-8H2,1-5H3,(H,15,18)(H,16,20)/t9-,11+,25?/m1/s1. The van der Waals surface area contributed by atoms with Gasteiger partial charge in [0.15, 0.2) is 6.10 Å². The summed E-state index contributed by atoms with van der Waals surface area (Å²) in [5, 5.41) is 4.97. The van der Waals surface area contributed by atoms with E-state index in [0.29, 0.717) is 0 Å². The van der Waals surface area contributed by atoms with E-state index in [1.54, 1.807) is 13.8 Å². The van der Waals surface area contributed by atoms with Gasteiger partial charge in [-0.1, -0.05) is 13.8 Å². The van der Waals surface area contributed by atoms with Crippen LogP contribution in [0, 0.1) is 5.41 Å². The van der Waals surface area contributed by atoms with Gasteiger partial charge in [-0.15, -0.1) is 0 Å². The molecular formula is C14H25N2O8P. The molecular weight excluding hydrogens is 355 g/mol. The van der Waals surface area contributed by atoms with Gasteiger partial charge in [0, 0.05) is 12.0 Å². The molecule has 1 rings (SSSR count). The van der Waals surface area contributed by atoms with Crippen molar-refractivity contribution < 1.29 is 37.5 Å². The minimum Gasteiger partial charge on any atom is -0.469 e. The van der Waals surface area contributed by atoms with Gasteiger partial charge in [-0.2, -0.15) is 0 Å². The topological polar surface area (TPSA) is 129 Å². The van der Waals surface area contributed by atoms with Gasteiger partial charge in [0.25, 0.3) is 0 Å². The molecule has 1 saturated heterocycles. The van der Waals surface area contributed by atoms with Gasteiger partial charge in [0.2, 0.25) is 5.91 Å². The summed E-state index contributed by atoms with van der Waals surface area (Å²) in [5.41, 5.74) is -0.764. The van der Waals surface area contributed by atoms with Crippen LogP contribution >= 0.6 is 7.75 Å². The van der Waals surface area contributed by atoms with Crippen molar-refractivity contribution in [1.82, 2.24) is 10.4 Å². The molecule has 0 bridgehead atoms. The lowest BCUT2D eigenvalue weighted by atomic mass is 9.87. The van der Waals surface area contributed by atoms with E-state index in [9.17, 15) is 18.9 Å². The van der Waals surface area contributed by atoms with E-state index in [0.717, 1.165) is 0 Å². The summed E-state index contributed by atoms with van der Waals surface area (Å²) in [5.74, 6) is -1.65. The third-order valence-electron chi connectivity index (χ3n) is 3.56. The van der Waals surface area contributed by atoms with E-state index in [1.165, 1.54) is 21.1 Å². The van der Waals surface area contributed by atoms with Gasteiger partial charge >= 0.3 is 19.7 Å². The van der Waals surface area contributed by atoms with Gasteiger partial charge in [-0.05, 0) is 6.92 Å². The molecule has 1 aliphatic rings. The van der Waals surface area contributed by atoms with Crippen LogP contribution < -0.4 is 10.4 Å². The number of rotatable bonds is 7. The molecule has 11 heteroatoms. The Morgan fingerprint density at radius 1 is 1.28 bits per heavy atom. The first-order chi connectivity index (χ1) is 11.5. The van der Waals surface area contributed by atoms with Gasteiger partial charge < -0.3 is 14.8 Å². The third kappa shape index (κ3) is 6.07. The highest BCUT2D eigenvalue weighted by atomic mass is 31.2. The summed E-state index contributed by atoms with van der Waals surface area (Å²) in [6.07, 6.45) is -1.09. The minimum absolute atomic E-state index is 0.00116. The normalized spacial score (nSPS) is 26.4. The Bertz CT molecular complexity index is 565. The number of amides is 1. The zero-order valence-electron chi connectivity index (χ0n) is 15.0. The molecule has 1 fully saturated rings. The maximum atomic E-state index is 12.7. The fourth-order valence-corrected chi connectivity index (χ4v) is 4.00. The second-order valence-electron chi connectivity index (χ2n) is 6.24. The number of carbonyl (C=O) groups is 3. The molecule has 0 aromatic heterocycles. The highest BCUT2D eigenvalue weighted by Gasteiger charge is 2.48. The van der Waals surface area contributed by atoms with Crippen molar-refractivity contribution in [2.45, 2.75) is 39.3 Å². The molecule has 0 saturated carbocycles. The van der Waals surface area contributed by atoms with Crippen molar-refractivity contribution >= 4 is 25.6 Å². The molecule has 0 spiro atoms. The molecule has 0 aromatic rings. The average Bonchev–Trinajstić information content (AvgIpc) is 2.56. The van der Waals surface area contributed by atoms with E-state index >= 15 is 0 Å². The SMILES string of the molecule is COC(=O)CCNC(=O)[C@@H]1OP(=O)(N[C@H](C)C(=O)OC)OCC1(C)C. The van der Waals surface area contributed by atoms with Crippen molar-refractivity contribution in [3.05, 3.63) is 0 Å². The quantitative estimate of drug-likeness (QED) is 0.475. The van der Waals surface area contributed by atoms with Crippen LogP contribution in [0.1, 0.15) is 27.2 Å². The van der Waals surface area contributed by atoms with Crippen LogP contribution in [0.4, 0.5) is 0 Å². The lowest BCUT2D eigenvalue weighted by Crippen LogP contribution is -2.51. The Labute approximate surface area is 146 Å². The van der Waals surface area contributed by atoms with Gasteiger partial charge in [-0.25, -0.2) is 9.65 Å². The van der Waals surface area contributed by atoms with Crippen molar-refractivity contribution in [2.75, 3.05) is 27.4 Å². The molecule has 0 aromatic carbocycles. The minimum atomic E-state index is -3.89. The van der Waals surface area contributed by atoms with Gasteiger partial charge in [-0.3, -0.25) is 23.4 Å². The summed E-state index contributed by atoms with van der Waals surface area (Å²) in [6.45, 7) is 4.89. The molecule has 3 atom stereocenters. The van der Waals surface area contributed by atoms with E-state index in [1.807, 2.05) is 0 Å². The van der Waals surface area contributed by atoms with Crippen LogP contribution in [0.25, 0.3) is 0 Å². The van der Waals surface area contributed by atoms with E-state index < -0.39 is 43.2 Å². The summed E-state index contributed by atoms with van der Waals surface area (Å²) in [6, 6.07) is -0.944.